The lowest BCUT2D eigenvalue weighted by molar-refractivity contribution is 0.0229. The van der Waals surface area contributed by atoms with E-state index in [2.05, 4.69) is 11.8 Å². The van der Waals surface area contributed by atoms with Gasteiger partial charge < -0.3 is 10.2 Å². The van der Waals surface area contributed by atoms with Crippen molar-refractivity contribution in [2.75, 3.05) is 19.6 Å². The van der Waals surface area contributed by atoms with Gasteiger partial charge in [0.15, 0.2) is 0 Å². The van der Waals surface area contributed by atoms with Crippen LogP contribution in [-0.2, 0) is 0 Å². The van der Waals surface area contributed by atoms with E-state index in [1.807, 2.05) is 0 Å². The first-order valence-electron chi connectivity index (χ1n) is 4.66. The highest BCUT2D eigenvalue weighted by atomic mass is 16.3. The summed E-state index contributed by atoms with van der Waals surface area (Å²) in [4.78, 5) is 2.13. The number of piperidine rings is 1. The molecule has 0 bridgehead atoms. The second-order valence-electron chi connectivity index (χ2n) is 4.06. The lowest BCUT2D eigenvalue weighted by Crippen LogP contribution is -2.44. The lowest BCUT2D eigenvalue weighted by Gasteiger charge is -2.34. The van der Waals surface area contributed by atoms with Gasteiger partial charge in [0.1, 0.15) is 0 Å². The van der Waals surface area contributed by atoms with Crippen molar-refractivity contribution in [3.8, 4) is 0 Å². The van der Waals surface area contributed by atoms with Crippen molar-refractivity contribution >= 4 is 0 Å². The minimum atomic E-state index is -0.289. The molecule has 0 amide bonds. The molecule has 3 nitrogen and oxygen atoms in total. The Morgan fingerprint density at radius 1 is 1.50 bits per heavy atom. The predicted octanol–water partition coefficient (Wildman–Crippen LogP) is 0.0699. The Kier molecular flexibility index (Phi) is 3.50. The average molecular weight is 173 g/mol. The molecule has 0 spiro atoms. The third-order valence-corrected chi connectivity index (χ3v) is 2.24. The fourth-order valence-electron chi connectivity index (χ4n) is 1.95. The van der Waals surface area contributed by atoms with Crippen LogP contribution in [0.4, 0.5) is 0 Å². The van der Waals surface area contributed by atoms with Gasteiger partial charge in [0.25, 0.3) is 0 Å². The predicted molar refractivity (Wildman–Crippen MR) is 47.9 cm³/mol. The van der Waals surface area contributed by atoms with E-state index in [1.165, 1.54) is 0 Å². The zero-order valence-corrected chi connectivity index (χ0v) is 7.90. The third kappa shape index (κ3) is 3.09. The van der Waals surface area contributed by atoms with Gasteiger partial charge in [-0.1, -0.05) is 6.92 Å². The molecule has 1 rings (SSSR count). The van der Waals surface area contributed by atoms with E-state index in [0.29, 0.717) is 12.5 Å². The highest BCUT2D eigenvalue weighted by Crippen LogP contribution is 2.15. The number of hydrogen-bond acceptors (Lipinski definition) is 3. The molecule has 0 aromatic rings. The zero-order valence-electron chi connectivity index (χ0n) is 7.90. The highest BCUT2D eigenvalue weighted by Gasteiger charge is 2.23. The average Bonchev–Trinajstić information content (AvgIpc) is 1.81. The molecule has 3 atom stereocenters. The van der Waals surface area contributed by atoms with Crippen molar-refractivity contribution in [1.82, 2.24) is 4.90 Å². The molecule has 0 saturated carbocycles. The molecule has 1 aliphatic rings. The first-order chi connectivity index (χ1) is 5.58. The molecular formula is C9H19NO2. The van der Waals surface area contributed by atoms with Crippen molar-refractivity contribution in [3.05, 3.63) is 0 Å². The van der Waals surface area contributed by atoms with Crippen molar-refractivity contribution in [2.45, 2.75) is 32.5 Å². The molecule has 1 heterocycles. The molecule has 1 saturated heterocycles. The zero-order chi connectivity index (χ0) is 9.14. The van der Waals surface area contributed by atoms with Crippen LogP contribution in [0.1, 0.15) is 20.3 Å². The van der Waals surface area contributed by atoms with Gasteiger partial charge in [-0.15, -0.1) is 0 Å². The van der Waals surface area contributed by atoms with Crippen LogP contribution in [0.5, 0.6) is 0 Å². The van der Waals surface area contributed by atoms with Crippen LogP contribution in [0.2, 0.25) is 0 Å². The number of aliphatic hydroxyl groups is 2. The van der Waals surface area contributed by atoms with Crippen LogP contribution in [0.25, 0.3) is 0 Å². The van der Waals surface area contributed by atoms with Crippen LogP contribution in [0.15, 0.2) is 0 Å². The van der Waals surface area contributed by atoms with Gasteiger partial charge in [-0.2, -0.15) is 0 Å². The van der Waals surface area contributed by atoms with E-state index < -0.39 is 0 Å². The van der Waals surface area contributed by atoms with Gasteiger partial charge in [0.05, 0.1) is 12.2 Å². The number of β-amino-alcohol motifs (C(OH)–C–C–N with tert-alkyl or cyclic N) is 2. The number of aliphatic hydroxyl groups excluding tert-OH is 2. The highest BCUT2D eigenvalue weighted by molar-refractivity contribution is 4.77. The van der Waals surface area contributed by atoms with E-state index in [9.17, 15) is 5.11 Å². The van der Waals surface area contributed by atoms with Crippen LogP contribution < -0.4 is 0 Å². The number of hydrogen-bond donors (Lipinski definition) is 2. The maximum Gasteiger partial charge on any atom is 0.0670 e. The molecule has 0 aliphatic carbocycles. The van der Waals surface area contributed by atoms with Crippen molar-refractivity contribution in [1.29, 1.82) is 0 Å². The van der Waals surface area contributed by atoms with Gasteiger partial charge in [0, 0.05) is 19.6 Å². The molecule has 2 unspecified atom stereocenters. The lowest BCUT2D eigenvalue weighted by atomic mass is 9.98. The van der Waals surface area contributed by atoms with Crippen LogP contribution in [0, 0.1) is 5.92 Å². The molecule has 72 valence electrons. The van der Waals surface area contributed by atoms with Crippen LogP contribution in [0.3, 0.4) is 0 Å². The summed E-state index contributed by atoms with van der Waals surface area (Å²) < 4.78 is 0. The monoisotopic (exact) mass is 173 g/mol. The second kappa shape index (κ2) is 4.21. The molecule has 1 fully saturated rings. The Balaban J connectivity index is 2.34. The van der Waals surface area contributed by atoms with Gasteiger partial charge in [-0.3, -0.25) is 4.90 Å². The fraction of sp³-hybridized carbons (Fsp3) is 1.00. The molecule has 2 N–H and O–H groups in total. The fourth-order valence-corrected chi connectivity index (χ4v) is 1.95. The van der Waals surface area contributed by atoms with Gasteiger partial charge in [-0.05, 0) is 19.3 Å². The van der Waals surface area contributed by atoms with Crippen molar-refractivity contribution in [2.24, 2.45) is 5.92 Å². The maximum absolute atomic E-state index is 9.44. The number of nitrogens with zero attached hydrogens (tertiary/aromatic N) is 1. The smallest absolute Gasteiger partial charge is 0.0670 e. The third-order valence-electron chi connectivity index (χ3n) is 2.24. The molecule has 0 radical (unpaired) electrons. The Morgan fingerprint density at radius 3 is 2.67 bits per heavy atom. The first kappa shape index (κ1) is 9.96. The van der Waals surface area contributed by atoms with Crippen molar-refractivity contribution < 1.29 is 10.2 Å². The number of rotatable bonds is 2. The van der Waals surface area contributed by atoms with E-state index in [1.54, 1.807) is 6.92 Å². The summed E-state index contributed by atoms with van der Waals surface area (Å²) >= 11 is 0. The topological polar surface area (TPSA) is 43.7 Å². The van der Waals surface area contributed by atoms with Gasteiger partial charge in [0.2, 0.25) is 0 Å². The molecule has 0 aromatic heterocycles. The summed E-state index contributed by atoms with van der Waals surface area (Å²) in [5.74, 6) is 0.549. The molecule has 3 heteroatoms. The van der Waals surface area contributed by atoms with E-state index >= 15 is 0 Å². The largest absolute Gasteiger partial charge is 0.392 e. The van der Waals surface area contributed by atoms with Crippen molar-refractivity contribution in [3.63, 3.8) is 0 Å². The summed E-state index contributed by atoms with van der Waals surface area (Å²) in [7, 11) is 0. The SMILES string of the molecule is CC1CC(O)CN(C[C@H](C)O)C1. The Labute approximate surface area is 74.0 Å². The molecular weight excluding hydrogens is 154 g/mol. The second-order valence-corrected chi connectivity index (χ2v) is 4.06. The molecule has 0 aromatic carbocycles. The number of likely N-dealkylation sites (tertiary alicyclic amines) is 1. The van der Waals surface area contributed by atoms with Gasteiger partial charge >= 0.3 is 0 Å². The normalized spacial score (nSPS) is 35.0. The van der Waals surface area contributed by atoms with Gasteiger partial charge in [-0.25, -0.2) is 0 Å². The summed E-state index contributed by atoms with van der Waals surface area (Å²) in [5.41, 5.74) is 0. The summed E-state index contributed by atoms with van der Waals surface area (Å²) in [6.45, 7) is 6.32. The summed E-state index contributed by atoms with van der Waals surface area (Å²) in [6, 6.07) is 0. The molecule has 1 aliphatic heterocycles. The summed E-state index contributed by atoms with van der Waals surface area (Å²) in [5, 5.41) is 18.6. The first-order valence-corrected chi connectivity index (χ1v) is 4.66. The van der Waals surface area contributed by atoms with E-state index in [4.69, 9.17) is 5.11 Å². The minimum Gasteiger partial charge on any atom is -0.392 e. The maximum atomic E-state index is 9.44. The van der Waals surface area contributed by atoms with Crippen LogP contribution >= 0.6 is 0 Å². The standard InChI is InChI=1S/C9H19NO2/c1-7-3-9(12)6-10(4-7)5-8(2)11/h7-9,11-12H,3-6H2,1-2H3/t7?,8-,9?/m0/s1. The quantitative estimate of drug-likeness (QED) is 0.621. The Bertz CT molecular complexity index is 126. The summed E-state index contributed by atoms with van der Waals surface area (Å²) in [6.07, 6.45) is 0.408. The Morgan fingerprint density at radius 2 is 2.17 bits per heavy atom. The van der Waals surface area contributed by atoms with E-state index in [0.717, 1.165) is 19.5 Å². The minimum absolute atomic E-state index is 0.201. The Hall–Kier alpha value is -0.120. The van der Waals surface area contributed by atoms with E-state index in [-0.39, 0.29) is 12.2 Å². The van der Waals surface area contributed by atoms with Crippen LogP contribution in [-0.4, -0.2) is 47.0 Å². The molecule has 12 heavy (non-hydrogen) atoms.